The lowest BCUT2D eigenvalue weighted by Crippen LogP contribution is -2.25. The lowest BCUT2D eigenvalue weighted by molar-refractivity contribution is -0.147. The van der Waals surface area contributed by atoms with Gasteiger partial charge in [0.2, 0.25) is 0 Å². The Labute approximate surface area is 305 Å². The van der Waals surface area contributed by atoms with E-state index in [1.54, 1.807) is 6.26 Å². The molecule has 0 aromatic rings. The Bertz CT molecular complexity index is 989. The molecule has 0 aromatic heterocycles. The highest BCUT2D eigenvalue weighted by Gasteiger charge is 2.24. The smallest absolute Gasteiger partial charge is 0.472 e. The van der Waals surface area contributed by atoms with Crippen LogP contribution in [-0.2, 0) is 27.9 Å². The van der Waals surface area contributed by atoms with E-state index >= 15 is 0 Å². The first kappa shape index (κ1) is 47.8. The Morgan fingerprint density at radius 2 is 1.14 bits per heavy atom. The van der Waals surface area contributed by atoms with Crippen LogP contribution in [0.5, 0.6) is 0 Å². The highest BCUT2D eigenvalue weighted by Crippen LogP contribution is 2.43. The van der Waals surface area contributed by atoms with Crippen molar-refractivity contribution in [1.29, 1.82) is 0 Å². The van der Waals surface area contributed by atoms with Gasteiger partial charge in [-0.3, -0.25) is 13.8 Å². The molecule has 3 N–H and O–H groups in total. The van der Waals surface area contributed by atoms with Crippen LogP contribution in [0.4, 0.5) is 0 Å². The van der Waals surface area contributed by atoms with Gasteiger partial charge in [0.1, 0.15) is 6.61 Å². The van der Waals surface area contributed by atoms with E-state index in [2.05, 4.69) is 74.6 Å². The predicted molar refractivity (Wildman–Crippen MR) is 210 cm³/mol. The number of nitrogens with two attached hydrogens (primary N) is 1. The van der Waals surface area contributed by atoms with Crippen LogP contribution < -0.4 is 5.73 Å². The van der Waals surface area contributed by atoms with Crippen molar-refractivity contribution < 1.29 is 32.8 Å². The van der Waals surface area contributed by atoms with Crippen molar-refractivity contribution in [2.24, 2.45) is 5.73 Å². The van der Waals surface area contributed by atoms with Crippen molar-refractivity contribution >= 4 is 13.8 Å². The molecule has 0 bridgehead atoms. The number of unbranched alkanes of at least 4 members (excludes halogenated alkanes) is 13. The van der Waals surface area contributed by atoms with Gasteiger partial charge < -0.3 is 20.1 Å². The molecule has 2 unspecified atom stereocenters. The fraction of sp³-hybridized carbons (Fsp3) is 0.683. The molecule has 0 heterocycles. The number of carbonyl (C=O) groups excluding carboxylic acids is 1. The maximum absolute atomic E-state index is 12.3. The number of carbonyl (C=O) groups is 1. The van der Waals surface area contributed by atoms with Crippen molar-refractivity contribution in [3.63, 3.8) is 0 Å². The number of rotatable bonds is 36. The van der Waals surface area contributed by atoms with Crippen LogP contribution in [0.2, 0.25) is 0 Å². The number of phosphoric ester groups is 1. The minimum Gasteiger partial charge on any atom is -0.492 e. The van der Waals surface area contributed by atoms with E-state index in [1.165, 1.54) is 64.2 Å². The maximum Gasteiger partial charge on any atom is 0.472 e. The van der Waals surface area contributed by atoms with Crippen molar-refractivity contribution in [1.82, 2.24) is 0 Å². The van der Waals surface area contributed by atoms with Gasteiger partial charge in [-0.2, -0.15) is 0 Å². The molecule has 0 aliphatic rings. The average molecular weight is 722 g/mol. The summed E-state index contributed by atoms with van der Waals surface area (Å²) in [5.41, 5.74) is 5.35. The highest BCUT2D eigenvalue weighted by molar-refractivity contribution is 7.47. The molecular weight excluding hydrogens is 649 g/mol. The third kappa shape index (κ3) is 37.0. The van der Waals surface area contributed by atoms with Crippen LogP contribution in [0.25, 0.3) is 0 Å². The molecule has 0 saturated heterocycles. The van der Waals surface area contributed by atoms with Crippen molar-refractivity contribution in [2.75, 3.05) is 26.4 Å². The van der Waals surface area contributed by atoms with E-state index in [9.17, 15) is 14.3 Å². The summed E-state index contributed by atoms with van der Waals surface area (Å²) in [5, 5.41) is 0. The number of hydrogen-bond donors (Lipinski definition) is 2. The molecule has 288 valence electrons. The summed E-state index contributed by atoms with van der Waals surface area (Å²) in [6.45, 7) is 4.01. The van der Waals surface area contributed by atoms with E-state index < -0.39 is 13.9 Å². The molecule has 0 aliphatic carbocycles. The molecule has 0 radical (unpaired) electrons. The number of allylic oxidation sites excluding steroid dienone is 11. The van der Waals surface area contributed by atoms with Crippen molar-refractivity contribution in [2.45, 2.75) is 155 Å². The van der Waals surface area contributed by atoms with Gasteiger partial charge in [0.25, 0.3) is 0 Å². The molecule has 0 rings (SSSR count). The Kier molecular flexibility index (Phi) is 36.3. The van der Waals surface area contributed by atoms with Gasteiger partial charge in [-0.1, -0.05) is 120 Å². The van der Waals surface area contributed by atoms with Crippen LogP contribution in [-0.4, -0.2) is 43.3 Å². The van der Waals surface area contributed by atoms with Gasteiger partial charge in [-0.25, -0.2) is 4.57 Å². The van der Waals surface area contributed by atoms with Gasteiger partial charge in [0, 0.05) is 13.0 Å². The minimum absolute atomic E-state index is 0.0903. The van der Waals surface area contributed by atoms with Crippen LogP contribution >= 0.6 is 7.82 Å². The van der Waals surface area contributed by atoms with Gasteiger partial charge in [-0.05, 0) is 89.5 Å². The number of phosphoric acid groups is 1. The fourth-order valence-corrected chi connectivity index (χ4v) is 5.55. The van der Waals surface area contributed by atoms with Crippen molar-refractivity contribution in [3.8, 4) is 0 Å². The van der Waals surface area contributed by atoms with E-state index in [-0.39, 0.29) is 32.3 Å². The Morgan fingerprint density at radius 3 is 1.72 bits per heavy atom. The third-order valence-corrected chi connectivity index (χ3v) is 8.68. The molecule has 9 heteroatoms. The van der Waals surface area contributed by atoms with Crippen molar-refractivity contribution in [3.05, 3.63) is 73.1 Å². The molecule has 0 amide bonds. The second-order valence-electron chi connectivity index (χ2n) is 12.5. The summed E-state index contributed by atoms with van der Waals surface area (Å²) in [5.74, 6) is -0.335. The van der Waals surface area contributed by atoms with E-state index in [1.807, 2.05) is 6.08 Å². The lowest BCUT2D eigenvalue weighted by atomic mass is 10.1. The summed E-state index contributed by atoms with van der Waals surface area (Å²) in [6, 6.07) is 0. The SMILES string of the molecule is CCC=CCC=CCC=CCC=CCCCCC(=O)OCC(COP(=O)(O)OCCN)OC=CCCCCCCCCC=CCCCCCC. The third-order valence-electron chi connectivity index (χ3n) is 7.70. The molecule has 0 fully saturated rings. The standard InChI is InChI=1S/C41H72NO7P/c1-3-5-7-9-11-13-15-17-19-21-23-25-27-29-31-33-36-46-40(39-49-50(44,45)48-37-35-42)38-47-41(43)34-32-30-28-26-24-22-20-18-16-14-12-10-8-6-4-2/h6,8,12-15,18,20,24,26,33,36,40H,3-5,7,9-11,16-17,19,21-23,25,27-32,34-35,37-39,42H2,1-2H3,(H,44,45). The molecule has 0 aromatic carbocycles. The Morgan fingerprint density at radius 1 is 0.640 bits per heavy atom. The predicted octanol–water partition coefficient (Wildman–Crippen LogP) is 11.5. The van der Waals surface area contributed by atoms with E-state index in [0.29, 0.717) is 12.8 Å². The second kappa shape index (κ2) is 38.0. The fourth-order valence-electron chi connectivity index (χ4n) is 4.79. The molecule has 0 spiro atoms. The number of ether oxygens (including phenoxy) is 2. The lowest BCUT2D eigenvalue weighted by Gasteiger charge is -2.19. The summed E-state index contributed by atoms with van der Waals surface area (Å²) in [6.07, 6.45) is 47.3. The molecule has 50 heavy (non-hydrogen) atoms. The van der Waals surface area contributed by atoms with Crippen LogP contribution in [0.15, 0.2) is 73.1 Å². The topological polar surface area (TPSA) is 117 Å². The first-order valence-electron chi connectivity index (χ1n) is 19.5. The summed E-state index contributed by atoms with van der Waals surface area (Å²) < 4.78 is 33.1. The normalized spacial score (nSPS) is 14.3. The molecule has 0 saturated carbocycles. The van der Waals surface area contributed by atoms with Gasteiger partial charge >= 0.3 is 13.8 Å². The van der Waals surface area contributed by atoms with Crippen LogP contribution in [0.1, 0.15) is 149 Å². The summed E-state index contributed by atoms with van der Waals surface area (Å²) >= 11 is 0. The van der Waals surface area contributed by atoms with E-state index in [4.69, 9.17) is 24.3 Å². The summed E-state index contributed by atoms with van der Waals surface area (Å²) in [4.78, 5) is 22.2. The Hall–Kier alpha value is -2.22. The quantitative estimate of drug-likeness (QED) is 0.0216. The zero-order chi connectivity index (χ0) is 36.6. The van der Waals surface area contributed by atoms with Gasteiger partial charge in [-0.15, -0.1) is 0 Å². The Balaban J connectivity index is 4.23. The van der Waals surface area contributed by atoms with Crippen LogP contribution in [0, 0.1) is 0 Å². The second-order valence-corrected chi connectivity index (χ2v) is 13.9. The highest BCUT2D eigenvalue weighted by atomic mass is 31.2. The largest absolute Gasteiger partial charge is 0.492 e. The van der Waals surface area contributed by atoms with Gasteiger partial charge in [0.05, 0.1) is 19.5 Å². The maximum atomic E-state index is 12.3. The molecule has 2 atom stereocenters. The first-order valence-corrected chi connectivity index (χ1v) is 21.0. The zero-order valence-electron chi connectivity index (χ0n) is 31.6. The van der Waals surface area contributed by atoms with Crippen LogP contribution in [0.3, 0.4) is 0 Å². The monoisotopic (exact) mass is 722 g/mol. The van der Waals surface area contributed by atoms with Gasteiger partial charge in [0.15, 0.2) is 6.10 Å². The average Bonchev–Trinajstić information content (AvgIpc) is 3.11. The number of hydrogen-bond acceptors (Lipinski definition) is 7. The first-order chi connectivity index (χ1) is 24.4. The summed E-state index contributed by atoms with van der Waals surface area (Å²) in [7, 11) is -4.28. The molecular formula is C41H72NO7P. The minimum atomic E-state index is -4.28. The zero-order valence-corrected chi connectivity index (χ0v) is 32.5. The van der Waals surface area contributed by atoms with E-state index in [0.717, 1.165) is 57.8 Å². The number of esters is 1. The molecule has 0 aliphatic heterocycles. The molecule has 8 nitrogen and oxygen atoms in total.